The zero-order valence-electron chi connectivity index (χ0n) is 16.3. The number of hydrogen-bond donors (Lipinski definition) is 0. The van der Waals surface area contributed by atoms with Crippen LogP contribution in [0.25, 0.3) is 0 Å². The van der Waals surface area contributed by atoms with Gasteiger partial charge in [0.2, 0.25) is 0 Å². The van der Waals surface area contributed by atoms with Gasteiger partial charge in [0.15, 0.2) is 5.82 Å². The Morgan fingerprint density at radius 1 is 1.22 bits per heavy atom. The molecule has 7 nitrogen and oxygen atoms in total. The largest absolute Gasteiger partial charge is 0.298 e. The van der Waals surface area contributed by atoms with Crippen LogP contribution in [0.2, 0.25) is 0 Å². The number of hydrogen-bond acceptors (Lipinski definition) is 6. The van der Waals surface area contributed by atoms with Crippen LogP contribution in [0.3, 0.4) is 0 Å². The smallest absolute Gasteiger partial charge is 0.173 e. The topological polar surface area (TPSA) is 73.9 Å². The summed E-state index contributed by atoms with van der Waals surface area (Å²) in [5.74, 6) is 0.851. The van der Waals surface area contributed by atoms with E-state index in [1.807, 2.05) is 22.9 Å². The van der Waals surface area contributed by atoms with Gasteiger partial charge in [0.05, 0.1) is 23.2 Å². The number of piperazine rings is 1. The first-order valence-corrected chi connectivity index (χ1v) is 9.74. The number of nitriles is 1. The lowest BCUT2D eigenvalue weighted by molar-refractivity contribution is 0.0776. The van der Waals surface area contributed by atoms with Gasteiger partial charge in [-0.1, -0.05) is 12.1 Å². The first-order valence-electron chi connectivity index (χ1n) is 9.74. The average molecular weight is 365 g/mol. The predicted molar refractivity (Wildman–Crippen MR) is 102 cm³/mol. The van der Waals surface area contributed by atoms with Gasteiger partial charge in [0, 0.05) is 25.7 Å². The van der Waals surface area contributed by atoms with Gasteiger partial charge in [0.25, 0.3) is 0 Å². The van der Waals surface area contributed by atoms with Crippen molar-refractivity contribution in [1.29, 1.82) is 5.26 Å². The van der Waals surface area contributed by atoms with Crippen LogP contribution >= 0.6 is 0 Å². The molecule has 0 bridgehead atoms. The van der Waals surface area contributed by atoms with Crippen molar-refractivity contribution in [3.05, 3.63) is 41.2 Å². The van der Waals surface area contributed by atoms with E-state index in [1.165, 1.54) is 19.4 Å². The Morgan fingerprint density at radius 2 is 2.07 bits per heavy atom. The second kappa shape index (κ2) is 7.02. The molecular formula is C20H27N7. The van der Waals surface area contributed by atoms with Gasteiger partial charge in [0.1, 0.15) is 0 Å². The van der Waals surface area contributed by atoms with Crippen LogP contribution in [0, 0.1) is 11.3 Å². The van der Waals surface area contributed by atoms with Crippen LogP contribution in [0.5, 0.6) is 0 Å². The zero-order chi connectivity index (χ0) is 19.0. The summed E-state index contributed by atoms with van der Waals surface area (Å²) in [5, 5.41) is 22.1. The first-order chi connectivity index (χ1) is 13.0. The minimum absolute atomic E-state index is 0.0460. The zero-order valence-corrected chi connectivity index (χ0v) is 16.3. The third-order valence-electron chi connectivity index (χ3n) is 5.69. The Morgan fingerprint density at radius 3 is 2.85 bits per heavy atom. The predicted octanol–water partition coefficient (Wildman–Crippen LogP) is 2.17. The number of tetrazole rings is 1. The molecule has 2 fully saturated rings. The fourth-order valence-corrected chi connectivity index (χ4v) is 4.39. The summed E-state index contributed by atoms with van der Waals surface area (Å²) in [6, 6.07) is 10.7. The molecule has 3 heterocycles. The van der Waals surface area contributed by atoms with Crippen LogP contribution < -0.4 is 0 Å². The molecule has 2 saturated heterocycles. The van der Waals surface area contributed by atoms with Crippen LogP contribution in [0.1, 0.15) is 56.6 Å². The van der Waals surface area contributed by atoms with Crippen molar-refractivity contribution in [1.82, 2.24) is 30.0 Å². The lowest BCUT2D eigenvalue weighted by atomic mass is 9.99. The third kappa shape index (κ3) is 3.47. The molecule has 0 aliphatic carbocycles. The van der Waals surface area contributed by atoms with Crippen molar-refractivity contribution >= 4 is 0 Å². The number of nitrogens with zero attached hydrogens (tertiary/aromatic N) is 7. The normalized spacial score (nSPS) is 22.4. The Kier molecular flexibility index (Phi) is 4.70. The molecule has 0 amide bonds. The number of aromatic nitrogens is 4. The summed E-state index contributed by atoms with van der Waals surface area (Å²) in [6.07, 6.45) is 2.54. The number of fused-ring (bicyclic) bond motifs is 1. The molecule has 2 aromatic rings. The second-order valence-corrected chi connectivity index (χ2v) is 8.59. The van der Waals surface area contributed by atoms with E-state index in [1.54, 1.807) is 0 Å². The Bertz CT molecular complexity index is 845. The van der Waals surface area contributed by atoms with Gasteiger partial charge in [-0.25, -0.2) is 4.68 Å². The molecule has 1 aromatic carbocycles. The van der Waals surface area contributed by atoms with Gasteiger partial charge < -0.3 is 0 Å². The van der Waals surface area contributed by atoms with E-state index in [0.29, 0.717) is 11.6 Å². The van der Waals surface area contributed by atoms with Crippen LogP contribution in [-0.2, 0) is 5.54 Å². The quantitative estimate of drug-likeness (QED) is 0.830. The molecule has 2 atom stereocenters. The molecule has 2 aliphatic rings. The van der Waals surface area contributed by atoms with E-state index in [-0.39, 0.29) is 11.6 Å². The summed E-state index contributed by atoms with van der Waals surface area (Å²) in [6.45, 7) is 10.6. The van der Waals surface area contributed by atoms with Gasteiger partial charge in [-0.3, -0.25) is 9.80 Å². The summed E-state index contributed by atoms with van der Waals surface area (Å²) < 4.78 is 1.93. The van der Waals surface area contributed by atoms with Crippen molar-refractivity contribution in [3.63, 3.8) is 0 Å². The lowest BCUT2D eigenvalue weighted by Crippen LogP contribution is -2.51. The highest BCUT2D eigenvalue weighted by atomic mass is 15.6. The lowest BCUT2D eigenvalue weighted by Gasteiger charge is -2.41. The molecule has 0 saturated carbocycles. The highest BCUT2D eigenvalue weighted by Gasteiger charge is 2.37. The molecule has 4 rings (SSSR count). The SMILES string of the molecule is CC(C)(C)n1nnnc1[C@H](c1cccc(C#N)c1)N1CCN2CCC[C@H]2C1. The molecule has 2 aliphatic heterocycles. The fourth-order valence-electron chi connectivity index (χ4n) is 4.39. The van der Waals surface area contributed by atoms with E-state index in [4.69, 9.17) is 0 Å². The van der Waals surface area contributed by atoms with Gasteiger partial charge in [-0.05, 0) is 68.3 Å². The van der Waals surface area contributed by atoms with E-state index in [0.717, 1.165) is 31.0 Å². The van der Waals surface area contributed by atoms with Gasteiger partial charge in [-0.2, -0.15) is 5.26 Å². The van der Waals surface area contributed by atoms with Crippen molar-refractivity contribution in [3.8, 4) is 6.07 Å². The standard InChI is InChI=1S/C20H27N7/c1-20(2,3)27-19(22-23-24-27)18(16-7-4-6-15(12-16)13-21)26-11-10-25-9-5-8-17(25)14-26/h4,6-7,12,17-18H,5,8-11,14H2,1-3H3/t17-,18-/m0/s1. The Balaban J connectivity index is 1.76. The summed E-state index contributed by atoms with van der Waals surface area (Å²) in [7, 11) is 0. The fraction of sp³-hybridized carbons (Fsp3) is 0.600. The molecule has 7 heteroatoms. The highest BCUT2D eigenvalue weighted by molar-refractivity contribution is 5.36. The van der Waals surface area contributed by atoms with Crippen molar-refractivity contribution in [2.24, 2.45) is 0 Å². The molecule has 142 valence electrons. The van der Waals surface area contributed by atoms with Crippen molar-refractivity contribution < 1.29 is 0 Å². The molecule has 0 N–H and O–H groups in total. The summed E-state index contributed by atoms with van der Waals surface area (Å²) in [4.78, 5) is 5.10. The van der Waals surface area contributed by atoms with Crippen LogP contribution in [0.4, 0.5) is 0 Å². The number of rotatable bonds is 3. The van der Waals surface area contributed by atoms with Crippen LogP contribution in [0.15, 0.2) is 24.3 Å². The Labute approximate surface area is 160 Å². The minimum atomic E-state index is -0.209. The third-order valence-corrected chi connectivity index (χ3v) is 5.69. The minimum Gasteiger partial charge on any atom is -0.298 e. The van der Waals surface area contributed by atoms with Crippen molar-refractivity contribution in [2.75, 3.05) is 26.2 Å². The molecule has 0 unspecified atom stereocenters. The Hall–Kier alpha value is -2.30. The second-order valence-electron chi connectivity index (χ2n) is 8.59. The molecule has 0 spiro atoms. The molecule has 1 aromatic heterocycles. The van der Waals surface area contributed by atoms with E-state index < -0.39 is 0 Å². The summed E-state index contributed by atoms with van der Waals surface area (Å²) >= 11 is 0. The molecular weight excluding hydrogens is 338 g/mol. The molecule has 27 heavy (non-hydrogen) atoms. The average Bonchev–Trinajstić information content (AvgIpc) is 3.31. The van der Waals surface area contributed by atoms with Crippen LogP contribution in [-0.4, -0.2) is 62.2 Å². The monoisotopic (exact) mass is 365 g/mol. The van der Waals surface area contributed by atoms with Crippen molar-refractivity contribution in [2.45, 2.75) is 51.2 Å². The maximum absolute atomic E-state index is 9.38. The summed E-state index contributed by atoms with van der Waals surface area (Å²) in [5.41, 5.74) is 1.55. The van der Waals surface area contributed by atoms with E-state index in [9.17, 15) is 5.26 Å². The number of benzene rings is 1. The van der Waals surface area contributed by atoms with E-state index in [2.05, 4.69) is 58.2 Å². The maximum Gasteiger partial charge on any atom is 0.173 e. The molecule has 0 radical (unpaired) electrons. The van der Waals surface area contributed by atoms with Gasteiger partial charge in [-0.15, -0.1) is 5.10 Å². The highest BCUT2D eigenvalue weighted by Crippen LogP contribution is 2.33. The van der Waals surface area contributed by atoms with E-state index >= 15 is 0 Å². The first kappa shape index (κ1) is 18.1. The maximum atomic E-state index is 9.38. The van der Waals surface area contributed by atoms with Gasteiger partial charge >= 0.3 is 0 Å².